The van der Waals surface area contributed by atoms with E-state index in [1.807, 2.05) is 62.1 Å². The Kier molecular flexibility index (Phi) is 8.08. The van der Waals surface area contributed by atoms with E-state index >= 15 is 0 Å². The predicted molar refractivity (Wildman–Crippen MR) is 143 cm³/mol. The molecule has 1 saturated heterocycles. The molecule has 0 aliphatic carbocycles. The first-order chi connectivity index (χ1) is 18.2. The van der Waals surface area contributed by atoms with Crippen molar-refractivity contribution in [2.75, 3.05) is 32.7 Å². The molecule has 3 N–H and O–H groups in total. The second kappa shape index (κ2) is 11.4. The number of rotatable bonds is 8. The molecule has 3 amide bonds. The number of nitriles is 1. The lowest BCUT2D eigenvalue weighted by molar-refractivity contribution is -0.125. The van der Waals surface area contributed by atoms with Crippen LogP contribution >= 0.6 is 0 Å². The lowest BCUT2D eigenvalue weighted by atomic mass is 9.86. The van der Waals surface area contributed by atoms with E-state index in [4.69, 9.17) is 5.26 Å². The van der Waals surface area contributed by atoms with Gasteiger partial charge in [0.2, 0.25) is 11.8 Å². The Labute approximate surface area is 222 Å². The molecule has 1 atom stereocenters. The van der Waals surface area contributed by atoms with Crippen LogP contribution in [0.25, 0.3) is 10.9 Å². The first-order valence-electron chi connectivity index (χ1n) is 12.7. The zero-order valence-corrected chi connectivity index (χ0v) is 22.0. The summed E-state index contributed by atoms with van der Waals surface area (Å²) >= 11 is 0. The maximum Gasteiger partial charge on any atom is 0.273 e. The van der Waals surface area contributed by atoms with Gasteiger partial charge in [0.05, 0.1) is 30.2 Å². The monoisotopic (exact) mass is 515 g/mol. The third kappa shape index (κ3) is 6.36. The van der Waals surface area contributed by atoms with E-state index in [-0.39, 0.29) is 17.5 Å². The number of hydrogen-bond acceptors (Lipinski definition) is 6. The van der Waals surface area contributed by atoms with Crippen LogP contribution in [0.1, 0.15) is 42.4 Å². The summed E-state index contributed by atoms with van der Waals surface area (Å²) in [6.45, 7) is 8.69. The molecule has 38 heavy (non-hydrogen) atoms. The van der Waals surface area contributed by atoms with Gasteiger partial charge in [0.1, 0.15) is 6.04 Å². The SMILES string of the molecule is CC(C)(C)[C@H](NC(=O)c1nn(Cc2ccc(C#N)cc2)c2ccccc12)C(=O)NCCN1CCNC(=O)C1. The minimum Gasteiger partial charge on any atom is -0.354 e. The Hall–Kier alpha value is -4.23. The van der Waals surface area contributed by atoms with Gasteiger partial charge in [0.15, 0.2) is 5.69 Å². The highest BCUT2D eigenvalue weighted by Gasteiger charge is 2.34. The average Bonchev–Trinajstić information content (AvgIpc) is 3.25. The summed E-state index contributed by atoms with van der Waals surface area (Å²) in [6, 6.07) is 16.0. The van der Waals surface area contributed by atoms with Crippen molar-refractivity contribution in [1.29, 1.82) is 5.26 Å². The van der Waals surface area contributed by atoms with Crippen molar-refractivity contribution in [2.45, 2.75) is 33.4 Å². The quantitative estimate of drug-likeness (QED) is 0.418. The Morgan fingerprint density at radius 1 is 1.16 bits per heavy atom. The minimum absolute atomic E-state index is 0.0201. The van der Waals surface area contributed by atoms with Crippen LogP contribution < -0.4 is 16.0 Å². The molecule has 10 heteroatoms. The summed E-state index contributed by atoms with van der Waals surface area (Å²) in [7, 11) is 0. The largest absolute Gasteiger partial charge is 0.354 e. The van der Waals surface area contributed by atoms with Gasteiger partial charge in [-0.15, -0.1) is 0 Å². The van der Waals surface area contributed by atoms with Crippen molar-refractivity contribution in [3.63, 3.8) is 0 Å². The molecule has 3 aromatic rings. The third-order valence-corrected chi connectivity index (χ3v) is 6.54. The number of para-hydroxylation sites is 1. The number of piperazine rings is 1. The Morgan fingerprint density at radius 3 is 2.58 bits per heavy atom. The van der Waals surface area contributed by atoms with Gasteiger partial charge in [-0.1, -0.05) is 51.1 Å². The number of nitrogens with zero attached hydrogens (tertiary/aromatic N) is 4. The molecule has 1 fully saturated rings. The molecule has 0 saturated carbocycles. The molecule has 0 radical (unpaired) electrons. The first kappa shape index (κ1) is 26.8. The average molecular weight is 516 g/mol. The van der Waals surface area contributed by atoms with Gasteiger partial charge in [0, 0.05) is 31.6 Å². The maximum atomic E-state index is 13.5. The van der Waals surface area contributed by atoms with E-state index in [0.717, 1.165) is 17.6 Å². The number of aromatic nitrogens is 2. The van der Waals surface area contributed by atoms with Crippen molar-refractivity contribution < 1.29 is 14.4 Å². The zero-order valence-electron chi connectivity index (χ0n) is 22.0. The van der Waals surface area contributed by atoms with Crippen molar-refractivity contribution in [3.8, 4) is 6.07 Å². The van der Waals surface area contributed by atoms with Gasteiger partial charge in [-0.3, -0.25) is 24.0 Å². The highest BCUT2D eigenvalue weighted by Crippen LogP contribution is 2.23. The number of nitrogens with one attached hydrogen (secondary N) is 3. The summed E-state index contributed by atoms with van der Waals surface area (Å²) in [6.07, 6.45) is 0. The fourth-order valence-corrected chi connectivity index (χ4v) is 4.47. The minimum atomic E-state index is -0.790. The van der Waals surface area contributed by atoms with E-state index in [9.17, 15) is 14.4 Å². The lowest BCUT2D eigenvalue weighted by Crippen LogP contribution is -2.55. The van der Waals surface area contributed by atoms with Crippen LogP contribution in [0.2, 0.25) is 0 Å². The second-order valence-corrected chi connectivity index (χ2v) is 10.5. The van der Waals surface area contributed by atoms with E-state index in [1.54, 1.807) is 16.8 Å². The smallest absolute Gasteiger partial charge is 0.273 e. The molecule has 1 aliphatic rings. The predicted octanol–water partition coefficient (Wildman–Crippen LogP) is 1.65. The maximum absolute atomic E-state index is 13.5. The molecule has 0 spiro atoms. The molecule has 1 aliphatic heterocycles. The van der Waals surface area contributed by atoms with E-state index in [1.165, 1.54) is 0 Å². The molecule has 2 aromatic carbocycles. The molecular formula is C28H33N7O3. The number of hydrogen-bond donors (Lipinski definition) is 3. The molecule has 4 rings (SSSR count). The van der Waals surface area contributed by atoms with Gasteiger partial charge in [-0.2, -0.15) is 10.4 Å². The van der Waals surface area contributed by atoms with Crippen LogP contribution in [-0.4, -0.2) is 71.2 Å². The van der Waals surface area contributed by atoms with Crippen molar-refractivity contribution in [3.05, 3.63) is 65.4 Å². The van der Waals surface area contributed by atoms with Gasteiger partial charge in [-0.25, -0.2) is 0 Å². The van der Waals surface area contributed by atoms with Crippen LogP contribution in [-0.2, 0) is 16.1 Å². The van der Waals surface area contributed by atoms with E-state index < -0.39 is 17.4 Å². The standard InChI is InChI=1S/C28H33N7O3/c1-28(2,3)25(27(38)31-13-15-34-14-12-30-23(36)18-34)32-26(37)24-21-6-4-5-7-22(21)35(33-24)17-20-10-8-19(16-29)9-11-20/h4-11,25H,12-15,17-18H2,1-3H3,(H,30,36)(H,31,38)(H,32,37)/t25-/m1/s1. The lowest BCUT2D eigenvalue weighted by Gasteiger charge is -2.31. The highest BCUT2D eigenvalue weighted by molar-refractivity contribution is 6.06. The van der Waals surface area contributed by atoms with E-state index in [0.29, 0.717) is 43.7 Å². The van der Waals surface area contributed by atoms with Crippen LogP contribution in [0.3, 0.4) is 0 Å². The first-order valence-corrected chi connectivity index (χ1v) is 12.7. The Balaban J connectivity index is 1.48. The van der Waals surface area contributed by atoms with Gasteiger partial charge in [0.25, 0.3) is 5.91 Å². The molecular weight excluding hydrogens is 482 g/mol. The molecule has 10 nitrogen and oxygen atoms in total. The molecule has 0 unspecified atom stereocenters. The van der Waals surface area contributed by atoms with E-state index in [2.05, 4.69) is 27.1 Å². The summed E-state index contributed by atoms with van der Waals surface area (Å²) in [5.74, 6) is -0.732. The van der Waals surface area contributed by atoms with Gasteiger partial charge in [-0.05, 0) is 29.2 Å². The number of benzene rings is 2. The number of amides is 3. The summed E-state index contributed by atoms with van der Waals surface area (Å²) in [5.41, 5.74) is 2.01. The fraction of sp³-hybridized carbons (Fsp3) is 0.393. The highest BCUT2D eigenvalue weighted by atomic mass is 16.2. The van der Waals surface area contributed by atoms with Crippen molar-refractivity contribution in [2.24, 2.45) is 5.41 Å². The van der Waals surface area contributed by atoms with Crippen LogP contribution in [0.5, 0.6) is 0 Å². The van der Waals surface area contributed by atoms with Crippen LogP contribution in [0.4, 0.5) is 0 Å². The normalized spacial score (nSPS) is 14.9. The zero-order chi connectivity index (χ0) is 27.3. The topological polar surface area (TPSA) is 132 Å². The number of carbonyl (C=O) groups excluding carboxylic acids is 3. The number of carbonyl (C=O) groups is 3. The fourth-order valence-electron chi connectivity index (χ4n) is 4.47. The van der Waals surface area contributed by atoms with Crippen molar-refractivity contribution >= 4 is 28.6 Å². The third-order valence-electron chi connectivity index (χ3n) is 6.54. The Bertz CT molecular complexity index is 1370. The summed E-state index contributed by atoms with van der Waals surface area (Å²) in [4.78, 5) is 40.2. The molecule has 198 valence electrons. The number of fused-ring (bicyclic) bond motifs is 1. The molecule has 1 aromatic heterocycles. The molecule has 0 bridgehead atoms. The molecule has 2 heterocycles. The Morgan fingerprint density at radius 2 is 1.89 bits per heavy atom. The van der Waals surface area contributed by atoms with Gasteiger partial charge >= 0.3 is 0 Å². The second-order valence-electron chi connectivity index (χ2n) is 10.5. The summed E-state index contributed by atoms with van der Waals surface area (Å²) < 4.78 is 1.76. The van der Waals surface area contributed by atoms with Crippen LogP contribution in [0.15, 0.2) is 48.5 Å². The van der Waals surface area contributed by atoms with Crippen LogP contribution in [0, 0.1) is 16.7 Å². The van der Waals surface area contributed by atoms with Crippen molar-refractivity contribution in [1.82, 2.24) is 30.6 Å². The summed E-state index contributed by atoms with van der Waals surface area (Å²) in [5, 5.41) is 23.0. The van der Waals surface area contributed by atoms with Gasteiger partial charge < -0.3 is 16.0 Å².